The number of carbonyl (C=O) groups excluding carboxylic acids is 1. The van der Waals surface area contributed by atoms with Crippen LogP contribution in [-0.2, 0) is 9.63 Å². The smallest absolute Gasteiger partial charge is 0.268 e. The number of halogens is 1. The SMILES string of the molecule is COc1ccccc1NC(=O)[C@@H]1CC(c2ccc(F)cc2)=NO1. The first-order valence-electron chi connectivity index (χ1n) is 7.10. The van der Waals surface area contributed by atoms with Gasteiger partial charge in [0.1, 0.15) is 11.6 Å². The quantitative estimate of drug-likeness (QED) is 0.944. The van der Waals surface area contributed by atoms with Crippen molar-refractivity contribution in [2.24, 2.45) is 5.16 Å². The van der Waals surface area contributed by atoms with Crippen LogP contribution in [0.1, 0.15) is 12.0 Å². The molecule has 0 unspecified atom stereocenters. The molecule has 6 heteroatoms. The number of nitrogens with zero attached hydrogens (tertiary/aromatic N) is 1. The molecule has 1 heterocycles. The summed E-state index contributed by atoms with van der Waals surface area (Å²) in [6.45, 7) is 0. The van der Waals surface area contributed by atoms with Gasteiger partial charge in [0.2, 0.25) is 6.10 Å². The summed E-state index contributed by atoms with van der Waals surface area (Å²) in [6.07, 6.45) is -0.396. The molecule has 1 atom stereocenters. The van der Waals surface area contributed by atoms with Gasteiger partial charge in [-0.1, -0.05) is 29.4 Å². The van der Waals surface area contributed by atoms with Crippen LogP contribution in [-0.4, -0.2) is 24.8 Å². The van der Waals surface area contributed by atoms with Gasteiger partial charge < -0.3 is 14.9 Å². The molecule has 3 rings (SSSR count). The summed E-state index contributed by atoms with van der Waals surface area (Å²) < 4.78 is 18.1. The number of hydrogen-bond acceptors (Lipinski definition) is 4. The molecule has 0 radical (unpaired) electrons. The Morgan fingerprint density at radius 3 is 2.74 bits per heavy atom. The normalized spacial score (nSPS) is 16.4. The Hall–Kier alpha value is -2.89. The predicted molar refractivity (Wildman–Crippen MR) is 84.1 cm³/mol. The van der Waals surface area contributed by atoms with Crippen LogP contribution in [0.4, 0.5) is 10.1 Å². The first kappa shape index (κ1) is 15.0. The Morgan fingerprint density at radius 1 is 1.26 bits per heavy atom. The number of rotatable bonds is 4. The van der Waals surface area contributed by atoms with E-state index in [4.69, 9.17) is 9.57 Å². The molecule has 2 aromatic rings. The number of ether oxygens (including phenoxy) is 1. The van der Waals surface area contributed by atoms with Crippen molar-refractivity contribution < 1.29 is 18.8 Å². The van der Waals surface area contributed by atoms with Gasteiger partial charge in [0.15, 0.2) is 0 Å². The zero-order chi connectivity index (χ0) is 16.2. The third-order valence-corrected chi connectivity index (χ3v) is 3.50. The molecule has 2 aromatic carbocycles. The molecule has 0 spiro atoms. The van der Waals surface area contributed by atoms with Gasteiger partial charge in [0.05, 0.1) is 18.5 Å². The summed E-state index contributed by atoms with van der Waals surface area (Å²) >= 11 is 0. The number of anilines is 1. The van der Waals surface area contributed by atoms with Crippen molar-refractivity contribution in [2.75, 3.05) is 12.4 Å². The first-order chi connectivity index (χ1) is 11.2. The van der Waals surface area contributed by atoms with Crippen molar-refractivity contribution in [2.45, 2.75) is 12.5 Å². The van der Waals surface area contributed by atoms with Gasteiger partial charge >= 0.3 is 0 Å². The summed E-state index contributed by atoms with van der Waals surface area (Å²) in [5.41, 5.74) is 1.92. The van der Waals surface area contributed by atoms with Gasteiger partial charge in [-0.25, -0.2) is 4.39 Å². The number of nitrogens with one attached hydrogen (secondary N) is 1. The lowest BCUT2D eigenvalue weighted by atomic mass is 10.0. The molecule has 0 saturated heterocycles. The van der Waals surface area contributed by atoms with Crippen molar-refractivity contribution in [3.63, 3.8) is 0 Å². The van der Waals surface area contributed by atoms with Gasteiger partial charge in [-0.15, -0.1) is 0 Å². The minimum atomic E-state index is -0.722. The fraction of sp³-hybridized carbons (Fsp3) is 0.176. The fourth-order valence-corrected chi connectivity index (χ4v) is 2.29. The Morgan fingerprint density at radius 2 is 2.00 bits per heavy atom. The zero-order valence-corrected chi connectivity index (χ0v) is 12.5. The second kappa shape index (κ2) is 6.48. The maximum Gasteiger partial charge on any atom is 0.268 e. The van der Waals surface area contributed by atoms with Gasteiger partial charge in [-0.05, 0) is 29.8 Å². The van der Waals surface area contributed by atoms with Crippen LogP contribution in [0.5, 0.6) is 5.75 Å². The lowest BCUT2D eigenvalue weighted by molar-refractivity contribution is -0.125. The van der Waals surface area contributed by atoms with Crippen LogP contribution in [0.3, 0.4) is 0 Å². The van der Waals surface area contributed by atoms with Crippen LogP contribution in [0.15, 0.2) is 53.7 Å². The van der Waals surface area contributed by atoms with Crippen LogP contribution < -0.4 is 10.1 Å². The first-order valence-corrected chi connectivity index (χ1v) is 7.10. The van der Waals surface area contributed by atoms with Crippen LogP contribution in [0, 0.1) is 5.82 Å². The van der Waals surface area contributed by atoms with Crippen molar-refractivity contribution in [3.05, 3.63) is 59.9 Å². The summed E-state index contributed by atoms with van der Waals surface area (Å²) in [6, 6.07) is 13.0. The largest absolute Gasteiger partial charge is 0.495 e. The van der Waals surface area contributed by atoms with Gasteiger partial charge in [-0.3, -0.25) is 4.79 Å². The highest BCUT2D eigenvalue weighted by molar-refractivity contribution is 6.06. The molecule has 0 aliphatic carbocycles. The molecular formula is C17H15FN2O3. The molecule has 1 N–H and O–H groups in total. The molecule has 1 aliphatic heterocycles. The molecule has 0 fully saturated rings. The molecule has 0 bridgehead atoms. The third kappa shape index (κ3) is 3.31. The standard InChI is InChI=1S/C17H15FN2O3/c1-22-15-5-3-2-4-13(15)19-17(21)16-10-14(20-23-16)11-6-8-12(18)9-7-11/h2-9,16H,10H2,1H3,(H,19,21)/t16-/m0/s1. The molecule has 23 heavy (non-hydrogen) atoms. The van der Waals surface area contributed by atoms with Gasteiger partial charge in [0, 0.05) is 6.42 Å². The van der Waals surface area contributed by atoms with E-state index in [1.165, 1.54) is 19.2 Å². The van der Waals surface area contributed by atoms with E-state index < -0.39 is 6.10 Å². The number of carbonyl (C=O) groups is 1. The Kier molecular flexibility index (Phi) is 4.23. The van der Waals surface area contributed by atoms with Crippen molar-refractivity contribution in [1.82, 2.24) is 0 Å². The summed E-state index contributed by atoms with van der Waals surface area (Å²) in [4.78, 5) is 17.5. The fourth-order valence-electron chi connectivity index (χ4n) is 2.29. The predicted octanol–water partition coefficient (Wildman–Crippen LogP) is 2.97. The highest BCUT2D eigenvalue weighted by atomic mass is 19.1. The second-order valence-corrected chi connectivity index (χ2v) is 5.03. The van der Waals surface area contributed by atoms with Crippen molar-refractivity contribution in [3.8, 4) is 5.75 Å². The summed E-state index contributed by atoms with van der Waals surface area (Å²) in [5, 5.41) is 6.69. The number of amides is 1. The molecule has 0 saturated carbocycles. The maximum atomic E-state index is 12.9. The number of benzene rings is 2. The molecule has 5 nitrogen and oxygen atoms in total. The van der Waals surface area contributed by atoms with Gasteiger partial charge in [-0.2, -0.15) is 0 Å². The molecule has 1 aliphatic rings. The third-order valence-electron chi connectivity index (χ3n) is 3.50. The van der Waals surface area contributed by atoms with E-state index in [0.717, 1.165) is 5.56 Å². The van der Waals surface area contributed by atoms with E-state index in [1.807, 2.05) is 6.07 Å². The molecular weight excluding hydrogens is 299 g/mol. The number of hydrogen-bond donors (Lipinski definition) is 1. The lowest BCUT2D eigenvalue weighted by Gasteiger charge is -2.12. The zero-order valence-electron chi connectivity index (χ0n) is 12.5. The second-order valence-electron chi connectivity index (χ2n) is 5.03. The molecule has 118 valence electrons. The average molecular weight is 314 g/mol. The topological polar surface area (TPSA) is 59.9 Å². The van der Waals surface area contributed by atoms with Crippen molar-refractivity contribution >= 4 is 17.3 Å². The van der Waals surface area contributed by atoms with Gasteiger partial charge in [0.25, 0.3) is 5.91 Å². The van der Waals surface area contributed by atoms with E-state index in [0.29, 0.717) is 23.6 Å². The highest BCUT2D eigenvalue weighted by Crippen LogP contribution is 2.25. The highest BCUT2D eigenvalue weighted by Gasteiger charge is 2.29. The summed E-state index contributed by atoms with van der Waals surface area (Å²) in [7, 11) is 1.53. The molecule has 1 amide bonds. The number of methoxy groups -OCH3 is 1. The van der Waals surface area contributed by atoms with E-state index in [9.17, 15) is 9.18 Å². The average Bonchev–Trinajstić information content (AvgIpc) is 3.06. The van der Waals surface area contributed by atoms with Crippen LogP contribution in [0.2, 0.25) is 0 Å². The van der Waals surface area contributed by atoms with Crippen LogP contribution in [0.25, 0.3) is 0 Å². The maximum absolute atomic E-state index is 12.9. The van der Waals surface area contributed by atoms with E-state index in [-0.39, 0.29) is 11.7 Å². The monoisotopic (exact) mass is 314 g/mol. The van der Waals surface area contributed by atoms with E-state index >= 15 is 0 Å². The minimum Gasteiger partial charge on any atom is -0.495 e. The lowest BCUT2D eigenvalue weighted by Crippen LogP contribution is -2.28. The molecule has 0 aromatic heterocycles. The Balaban J connectivity index is 1.65. The summed E-state index contributed by atoms with van der Waals surface area (Å²) in [5.74, 6) is -0.0624. The van der Waals surface area contributed by atoms with Crippen LogP contribution >= 0.6 is 0 Å². The van der Waals surface area contributed by atoms with Crippen molar-refractivity contribution in [1.29, 1.82) is 0 Å². The Bertz CT molecular complexity index is 744. The Labute approximate surface area is 132 Å². The number of para-hydroxylation sites is 2. The minimum absolute atomic E-state index is 0.310. The number of oxime groups is 1. The van der Waals surface area contributed by atoms with E-state index in [2.05, 4.69) is 10.5 Å². The van der Waals surface area contributed by atoms with E-state index in [1.54, 1.807) is 30.3 Å².